The third-order valence-corrected chi connectivity index (χ3v) is 3.91. The number of rotatable bonds is 6. The molecule has 0 aliphatic carbocycles. The summed E-state index contributed by atoms with van der Waals surface area (Å²) < 4.78 is 5.18. The first-order chi connectivity index (χ1) is 12.5. The van der Waals surface area contributed by atoms with Gasteiger partial charge in [0.05, 0.1) is 30.5 Å². The van der Waals surface area contributed by atoms with Crippen molar-refractivity contribution in [2.75, 3.05) is 13.1 Å². The van der Waals surface area contributed by atoms with Crippen molar-refractivity contribution in [1.82, 2.24) is 15.5 Å². The lowest BCUT2D eigenvalue weighted by Gasteiger charge is -2.11. The van der Waals surface area contributed by atoms with E-state index in [0.717, 1.165) is 4.90 Å². The van der Waals surface area contributed by atoms with Crippen LogP contribution in [-0.4, -0.2) is 41.6 Å². The van der Waals surface area contributed by atoms with E-state index in [1.165, 1.54) is 24.5 Å². The van der Waals surface area contributed by atoms with Crippen LogP contribution in [0.1, 0.15) is 43.8 Å². The smallest absolute Gasteiger partial charge is 0.261 e. The maximum Gasteiger partial charge on any atom is 0.261 e. The van der Waals surface area contributed by atoms with Crippen LogP contribution in [0.3, 0.4) is 0 Å². The van der Waals surface area contributed by atoms with Crippen molar-refractivity contribution in [3.8, 4) is 0 Å². The molecule has 4 amide bonds. The lowest BCUT2D eigenvalue weighted by Crippen LogP contribution is -2.36. The zero-order valence-corrected chi connectivity index (χ0v) is 14.1. The molecule has 0 saturated carbocycles. The molecule has 1 aliphatic rings. The Morgan fingerprint density at radius 1 is 1.08 bits per heavy atom. The van der Waals surface area contributed by atoms with Crippen LogP contribution < -0.4 is 10.6 Å². The molecule has 2 N–H and O–H groups in total. The molecule has 0 saturated heterocycles. The number of hydrogen-bond donors (Lipinski definition) is 2. The second kappa shape index (κ2) is 7.22. The molecule has 8 heteroatoms. The maximum absolute atomic E-state index is 12.5. The normalized spacial score (nSPS) is 12.9. The van der Waals surface area contributed by atoms with Gasteiger partial charge in [-0.15, -0.1) is 0 Å². The first-order valence-electron chi connectivity index (χ1n) is 8.08. The predicted molar refractivity (Wildman–Crippen MR) is 90.4 cm³/mol. The Hall–Kier alpha value is -3.42. The van der Waals surface area contributed by atoms with Crippen LogP contribution in [0.5, 0.6) is 0 Å². The number of fused-ring (bicyclic) bond motifs is 1. The number of nitrogens with one attached hydrogen (secondary N) is 2. The molecule has 26 heavy (non-hydrogen) atoms. The van der Waals surface area contributed by atoms with Crippen LogP contribution in [0, 0.1) is 0 Å². The third-order valence-electron chi connectivity index (χ3n) is 3.91. The Kier molecular flexibility index (Phi) is 4.83. The molecule has 0 bridgehead atoms. The Morgan fingerprint density at radius 2 is 1.85 bits per heavy atom. The van der Waals surface area contributed by atoms with E-state index in [0.29, 0.717) is 12.3 Å². The highest BCUT2D eigenvalue weighted by Gasteiger charge is 2.36. The van der Waals surface area contributed by atoms with Crippen LogP contribution in [0.25, 0.3) is 0 Å². The second-order valence-electron chi connectivity index (χ2n) is 5.67. The van der Waals surface area contributed by atoms with E-state index in [4.69, 9.17) is 4.42 Å². The van der Waals surface area contributed by atoms with Gasteiger partial charge in [-0.25, -0.2) is 0 Å². The summed E-state index contributed by atoms with van der Waals surface area (Å²) in [4.78, 5) is 49.6. The summed E-state index contributed by atoms with van der Waals surface area (Å²) >= 11 is 0. The average molecular weight is 355 g/mol. The lowest BCUT2D eigenvalue weighted by atomic mass is 10.1. The molecule has 8 nitrogen and oxygen atoms in total. The molecule has 0 spiro atoms. The summed E-state index contributed by atoms with van der Waals surface area (Å²) in [6.07, 6.45) is 1.46. The quantitative estimate of drug-likeness (QED) is 0.750. The largest absolute Gasteiger partial charge is 0.467 e. The van der Waals surface area contributed by atoms with Crippen molar-refractivity contribution in [1.29, 1.82) is 0 Å². The number of imide groups is 1. The van der Waals surface area contributed by atoms with Crippen LogP contribution in [0.15, 0.2) is 41.0 Å². The zero-order valence-electron chi connectivity index (χ0n) is 14.1. The fourth-order valence-corrected chi connectivity index (χ4v) is 2.66. The fraction of sp³-hybridized carbons (Fsp3) is 0.222. The monoisotopic (exact) mass is 355 g/mol. The minimum absolute atomic E-state index is 0.0259. The molecule has 1 aromatic heterocycles. The number of nitrogens with zero attached hydrogens (tertiary/aromatic N) is 1. The van der Waals surface area contributed by atoms with E-state index in [1.807, 2.05) is 0 Å². The molecule has 3 rings (SSSR count). The van der Waals surface area contributed by atoms with Crippen molar-refractivity contribution in [2.45, 2.75) is 13.5 Å². The Balaban J connectivity index is 1.74. The van der Waals surface area contributed by atoms with Crippen molar-refractivity contribution in [3.05, 3.63) is 59.0 Å². The first kappa shape index (κ1) is 17.4. The van der Waals surface area contributed by atoms with Crippen LogP contribution in [0.2, 0.25) is 0 Å². The zero-order chi connectivity index (χ0) is 18.7. The summed E-state index contributed by atoms with van der Waals surface area (Å²) in [5, 5.41) is 5.04. The Labute approximate surface area is 149 Å². The standard InChI is InChI=1S/C18H17N3O5/c1-2-19-15(22)9-20-16(23)11-5-6-13-14(8-11)18(25)21(17(13)24)10-12-4-3-7-26-12/h3-8H,2,9-10H2,1H3,(H,19,22)(H,20,23). The number of amides is 4. The van der Waals surface area contributed by atoms with Gasteiger partial charge in [0, 0.05) is 12.1 Å². The molecule has 0 radical (unpaired) electrons. The molecular weight excluding hydrogens is 338 g/mol. The highest BCUT2D eigenvalue weighted by Crippen LogP contribution is 2.25. The summed E-state index contributed by atoms with van der Waals surface area (Å²) in [6, 6.07) is 7.60. The van der Waals surface area contributed by atoms with Crippen molar-refractivity contribution >= 4 is 23.6 Å². The van der Waals surface area contributed by atoms with Gasteiger partial charge >= 0.3 is 0 Å². The minimum atomic E-state index is -0.496. The van der Waals surface area contributed by atoms with E-state index < -0.39 is 17.7 Å². The van der Waals surface area contributed by atoms with Gasteiger partial charge < -0.3 is 15.1 Å². The summed E-state index contributed by atoms with van der Waals surface area (Å²) in [7, 11) is 0. The highest BCUT2D eigenvalue weighted by molar-refractivity contribution is 6.22. The molecular formula is C18H17N3O5. The maximum atomic E-state index is 12.5. The first-order valence-corrected chi connectivity index (χ1v) is 8.08. The van der Waals surface area contributed by atoms with Gasteiger partial charge in [-0.2, -0.15) is 0 Å². The van der Waals surface area contributed by atoms with Gasteiger partial charge in [-0.3, -0.25) is 24.1 Å². The van der Waals surface area contributed by atoms with Crippen LogP contribution in [-0.2, 0) is 11.3 Å². The Morgan fingerprint density at radius 3 is 2.54 bits per heavy atom. The summed E-state index contributed by atoms with van der Waals surface area (Å²) in [6.45, 7) is 2.10. The topological polar surface area (TPSA) is 109 Å². The molecule has 1 aliphatic heterocycles. The molecule has 1 aromatic carbocycles. The van der Waals surface area contributed by atoms with E-state index in [9.17, 15) is 19.2 Å². The van der Waals surface area contributed by atoms with Crippen LogP contribution in [0.4, 0.5) is 0 Å². The van der Waals surface area contributed by atoms with E-state index >= 15 is 0 Å². The summed E-state index contributed by atoms with van der Waals surface area (Å²) in [5.41, 5.74) is 0.600. The van der Waals surface area contributed by atoms with Crippen molar-refractivity contribution < 1.29 is 23.6 Å². The summed E-state index contributed by atoms with van der Waals surface area (Å²) in [5.74, 6) is -1.24. The molecule has 134 valence electrons. The molecule has 2 heterocycles. The van der Waals surface area contributed by atoms with Crippen molar-refractivity contribution in [3.63, 3.8) is 0 Å². The van der Waals surface area contributed by atoms with Crippen LogP contribution >= 0.6 is 0 Å². The highest BCUT2D eigenvalue weighted by atomic mass is 16.3. The number of carbonyl (C=O) groups is 4. The SMILES string of the molecule is CCNC(=O)CNC(=O)c1ccc2c(c1)C(=O)N(Cc1ccco1)C2=O. The van der Waals surface area contributed by atoms with Gasteiger partial charge in [0.15, 0.2) is 0 Å². The molecule has 0 fully saturated rings. The number of benzene rings is 1. The van der Waals surface area contributed by atoms with Gasteiger partial charge in [0.1, 0.15) is 5.76 Å². The number of hydrogen-bond acceptors (Lipinski definition) is 5. The average Bonchev–Trinajstić information content (AvgIpc) is 3.23. The van der Waals surface area contributed by atoms with Crippen molar-refractivity contribution in [2.24, 2.45) is 0 Å². The molecule has 2 aromatic rings. The molecule has 0 unspecified atom stereocenters. The molecule has 0 atom stereocenters. The van der Waals surface area contributed by atoms with Gasteiger partial charge in [0.25, 0.3) is 17.7 Å². The minimum Gasteiger partial charge on any atom is -0.467 e. The number of likely N-dealkylation sites (N-methyl/N-ethyl adjacent to an activating group) is 1. The van der Waals surface area contributed by atoms with Gasteiger partial charge in [0.2, 0.25) is 5.91 Å². The van der Waals surface area contributed by atoms with E-state index in [1.54, 1.807) is 19.1 Å². The van der Waals surface area contributed by atoms with E-state index in [-0.39, 0.29) is 35.7 Å². The lowest BCUT2D eigenvalue weighted by molar-refractivity contribution is -0.120. The number of furan rings is 1. The third kappa shape index (κ3) is 3.34. The van der Waals surface area contributed by atoms with Gasteiger partial charge in [-0.1, -0.05) is 0 Å². The Bertz CT molecular complexity index is 873. The fourth-order valence-electron chi connectivity index (χ4n) is 2.66. The van der Waals surface area contributed by atoms with E-state index in [2.05, 4.69) is 10.6 Å². The predicted octanol–water partition coefficient (Wildman–Crippen LogP) is 0.942. The van der Waals surface area contributed by atoms with Gasteiger partial charge in [-0.05, 0) is 37.3 Å². The number of carbonyl (C=O) groups excluding carboxylic acids is 4. The second-order valence-corrected chi connectivity index (χ2v) is 5.67.